The lowest BCUT2D eigenvalue weighted by atomic mass is 10.1. The van der Waals surface area contributed by atoms with Crippen LogP contribution in [0.4, 0.5) is 5.69 Å². The number of carbonyl (C=O) groups is 1. The van der Waals surface area contributed by atoms with Gasteiger partial charge >= 0.3 is 0 Å². The van der Waals surface area contributed by atoms with Gasteiger partial charge in [-0.1, -0.05) is 17.7 Å². The summed E-state index contributed by atoms with van der Waals surface area (Å²) in [6.07, 6.45) is 1.61. The topological polar surface area (TPSA) is 45.7 Å². The first kappa shape index (κ1) is 16.3. The van der Waals surface area contributed by atoms with Gasteiger partial charge in [-0.15, -0.1) is 0 Å². The number of anilines is 1. The van der Waals surface area contributed by atoms with E-state index in [4.69, 9.17) is 4.74 Å². The number of hydrogen-bond acceptors (Lipinski definition) is 4. The Labute approximate surface area is 142 Å². The standard InChI is InChI=1S/C19H23N3O2/c1-14-4-6-17(7-5-14)21-10-11-22(15(2)13-21)19(23)16-8-9-20-18(12-16)24-3/h4-9,12,15H,10-11,13H2,1-3H3/t15-/m1/s1. The molecule has 1 fully saturated rings. The van der Waals surface area contributed by atoms with Crippen molar-refractivity contribution in [3.05, 3.63) is 53.7 Å². The molecule has 1 aliphatic rings. The molecule has 2 heterocycles. The summed E-state index contributed by atoms with van der Waals surface area (Å²) in [4.78, 5) is 21.1. The summed E-state index contributed by atoms with van der Waals surface area (Å²) in [7, 11) is 1.56. The molecule has 1 aromatic heterocycles. The van der Waals surface area contributed by atoms with Gasteiger partial charge in [0.2, 0.25) is 5.88 Å². The molecule has 0 aliphatic carbocycles. The molecular weight excluding hydrogens is 302 g/mol. The third-order valence-electron chi connectivity index (χ3n) is 4.48. The quantitative estimate of drug-likeness (QED) is 0.870. The van der Waals surface area contributed by atoms with Gasteiger partial charge in [-0.05, 0) is 32.0 Å². The zero-order valence-electron chi connectivity index (χ0n) is 14.4. The number of carbonyl (C=O) groups excluding carboxylic acids is 1. The van der Waals surface area contributed by atoms with Crippen LogP contribution in [0.3, 0.4) is 0 Å². The molecule has 5 heteroatoms. The van der Waals surface area contributed by atoms with Crippen LogP contribution in [0.25, 0.3) is 0 Å². The average Bonchev–Trinajstić information content (AvgIpc) is 2.62. The van der Waals surface area contributed by atoms with E-state index in [0.29, 0.717) is 18.0 Å². The predicted octanol–water partition coefficient (Wildman–Crippen LogP) is 2.75. The molecule has 1 saturated heterocycles. The Morgan fingerprint density at radius 2 is 1.96 bits per heavy atom. The third-order valence-corrected chi connectivity index (χ3v) is 4.48. The minimum absolute atomic E-state index is 0.0340. The molecule has 0 spiro atoms. The molecule has 0 saturated carbocycles. The molecule has 1 aromatic carbocycles. The maximum Gasteiger partial charge on any atom is 0.254 e. The van der Waals surface area contributed by atoms with E-state index in [9.17, 15) is 4.79 Å². The van der Waals surface area contributed by atoms with Gasteiger partial charge in [0.05, 0.1) is 7.11 Å². The highest BCUT2D eigenvalue weighted by Crippen LogP contribution is 2.21. The first-order valence-corrected chi connectivity index (χ1v) is 8.21. The van der Waals surface area contributed by atoms with Gasteiger partial charge in [0.15, 0.2) is 0 Å². The minimum Gasteiger partial charge on any atom is -0.481 e. The van der Waals surface area contributed by atoms with Crippen LogP contribution in [0.2, 0.25) is 0 Å². The number of rotatable bonds is 3. The van der Waals surface area contributed by atoms with Crippen molar-refractivity contribution in [2.24, 2.45) is 0 Å². The molecule has 0 unspecified atom stereocenters. The molecule has 24 heavy (non-hydrogen) atoms. The highest BCUT2D eigenvalue weighted by Gasteiger charge is 2.28. The van der Waals surface area contributed by atoms with Crippen molar-refractivity contribution in [3.8, 4) is 5.88 Å². The summed E-state index contributed by atoms with van der Waals surface area (Å²) in [5.74, 6) is 0.499. The molecule has 5 nitrogen and oxygen atoms in total. The zero-order chi connectivity index (χ0) is 17.1. The van der Waals surface area contributed by atoms with Crippen LogP contribution < -0.4 is 9.64 Å². The lowest BCUT2D eigenvalue weighted by Crippen LogP contribution is -2.54. The summed E-state index contributed by atoms with van der Waals surface area (Å²) in [6, 6.07) is 12.1. The number of aromatic nitrogens is 1. The highest BCUT2D eigenvalue weighted by molar-refractivity contribution is 5.94. The normalized spacial score (nSPS) is 17.7. The zero-order valence-corrected chi connectivity index (χ0v) is 14.4. The fourth-order valence-corrected chi connectivity index (χ4v) is 3.07. The van der Waals surface area contributed by atoms with Crippen molar-refractivity contribution in [1.29, 1.82) is 0 Å². The van der Waals surface area contributed by atoms with Crippen LogP contribution in [-0.2, 0) is 0 Å². The fourth-order valence-electron chi connectivity index (χ4n) is 3.07. The van der Waals surface area contributed by atoms with Gasteiger partial charge in [0, 0.05) is 49.2 Å². The summed E-state index contributed by atoms with van der Waals surface area (Å²) < 4.78 is 5.11. The molecule has 1 aliphatic heterocycles. The second kappa shape index (κ2) is 6.91. The Balaban J connectivity index is 1.71. The van der Waals surface area contributed by atoms with Gasteiger partial charge in [-0.25, -0.2) is 4.98 Å². The first-order chi connectivity index (χ1) is 11.6. The predicted molar refractivity (Wildman–Crippen MR) is 94.7 cm³/mol. The van der Waals surface area contributed by atoms with Crippen LogP contribution in [0, 0.1) is 6.92 Å². The maximum absolute atomic E-state index is 12.8. The molecule has 2 aromatic rings. The molecular formula is C19H23N3O2. The van der Waals surface area contributed by atoms with Gasteiger partial charge in [-0.2, -0.15) is 0 Å². The molecule has 126 valence electrons. The summed E-state index contributed by atoms with van der Waals surface area (Å²) in [6.45, 7) is 6.56. The number of methoxy groups -OCH3 is 1. The van der Waals surface area contributed by atoms with Crippen molar-refractivity contribution in [2.45, 2.75) is 19.9 Å². The Bertz CT molecular complexity index is 715. The Morgan fingerprint density at radius 1 is 1.21 bits per heavy atom. The summed E-state index contributed by atoms with van der Waals surface area (Å²) in [5, 5.41) is 0. The number of amides is 1. The van der Waals surface area contributed by atoms with Crippen LogP contribution >= 0.6 is 0 Å². The highest BCUT2D eigenvalue weighted by atomic mass is 16.5. The van der Waals surface area contributed by atoms with E-state index in [1.807, 2.05) is 4.90 Å². The van der Waals surface area contributed by atoms with Gasteiger partial charge in [-0.3, -0.25) is 4.79 Å². The average molecular weight is 325 g/mol. The van der Waals surface area contributed by atoms with Crippen LogP contribution in [0.15, 0.2) is 42.6 Å². The largest absolute Gasteiger partial charge is 0.481 e. The molecule has 0 bridgehead atoms. The number of piperazine rings is 1. The minimum atomic E-state index is 0.0340. The number of ether oxygens (including phenoxy) is 1. The van der Waals surface area contributed by atoms with Crippen LogP contribution in [0.5, 0.6) is 5.88 Å². The summed E-state index contributed by atoms with van der Waals surface area (Å²) >= 11 is 0. The van der Waals surface area contributed by atoms with E-state index < -0.39 is 0 Å². The molecule has 0 N–H and O–H groups in total. The van der Waals surface area contributed by atoms with E-state index in [2.05, 4.69) is 48.0 Å². The van der Waals surface area contributed by atoms with Crippen LogP contribution in [0.1, 0.15) is 22.8 Å². The van der Waals surface area contributed by atoms with Crippen molar-refractivity contribution in [1.82, 2.24) is 9.88 Å². The second-order valence-electron chi connectivity index (χ2n) is 6.22. The molecule has 1 atom stereocenters. The Hall–Kier alpha value is -2.56. The lowest BCUT2D eigenvalue weighted by Gasteiger charge is -2.41. The van der Waals surface area contributed by atoms with E-state index in [0.717, 1.165) is 13.1 Å². The maximum atomic E-state index is 12.8. The number of pyridine rings is 1. The number of aryl methyl sites for hydroxylation is 1. The fraction of sp³-hybridized carbons (Fsp3) is 0.368. The number of nitrogens with zero attached hydrogens (tertiary/aromatic N) is 3. The van der Waals surface area contributed by atoms with Gasteiger partial charge in [0.1, 0.15) is 0 Å². The molecule has 3 rings (SSSR count). The van der Waals surface area contributed by atoms with E-state index in [1.165, 1.54) is 11.3 Å². The van der Waals surface area contributed by atoms with Crippen molar-refractivity contribution >= 4 is 11.6 Å². The monoisotopic (exact) mass is 325 g/mol. The Morgan fingerprint density at radius 3 is 2.62 bits per heavy atom. The van der Waals surface area contributed by atoms with Crippen molar-refractivity contribution in [2.75, 3.05) is 31.6 Å². The van der Waals surface area contributed by atoms with E-state index >= 15 is 0 Å². The number of hydrogen-bond donors (Lipinski definition) is 0. The van der Waals surface area contributed by atoms with E-state index in [-0.39, 0.29) is 11.9 Å². The number of benzene rings is 1. The Kier molecular flexibility index (Phi) is 4.69. The first-order valence-electron chi connectivity index (χ1n) is 8.21. The van der Waals surface area contributed by atoms with Crippen LogP contribution in [-0.4, -0.2) is 48.6 Å². The third kappa shape index (κ3) is 3.35. The molecule has 1 amide bonds. The smallest absolute Gasteiger partial charge is 0.254 e. The van der Waals surface area contributed by atoms with Crippen molar-refractivity contribution in [3.63, 3.8) is 0 Å². The lowest BCUT2D eigenvalue weighted by molar-refractivity contribution is 0.0673. The van der Waals surface area contributed by atoms with E-state index in [1.54, 1.807) is 25.4 Å². The van der Waals surface area contributed by atoms with Gasteiger partial charge in [0.25, 0.3) is 5.91 Å². The molecule has 0 radical (unpaired) electrons. The SMILES string of the molecule is COc1cc(C(=O)N2CCN(c3ccc(C)cc3)C[C@H]2C)ccn1. The summed E-state index contributed by atoms with van der Waals surface area (Å²) in [5.41, 5.74) is 3.09. The second-order valence-corrected chi connectivity index (χ2v) is 6.22. The van der Waals surface area contributed by atoms with Gasteiger partial charge < -0.3 is 14.5 Å². The van der Waals surface area contributed by atoms with Crippen molar-refractivity contribution < 1.29 is 9.53 Å².